The van der Waals surface area contributed by atoms with E-state index in [1.165, 1.54) is 0 Å². The first kappa shape index (κ1) is 15.7. The Hall–Kier alpha value is -0.700. The molecule has 1 amide bonds. The molecular weight excluding hydrogens is 280 g/mol. The highest BCUT2D eigenvalue weighted by molar-refractivity contribution is 7.87. The van der Waals surface area contributed by atoms with Crippen molar-refractivity contribution in [1.29, 1.82) is 0 Å². The van der Waals surface area contributed by atoms with Crippen LogP contribution in [0.2, 0.25) is 0 Å². The number of amides is 1. The summed E-state index contributed by atoms with van der Waals surface area (Å²) < 4.78 is 24.2. The molecule has 0 saturated carbocycles. The molecule has 2 aliphatic heterocycles. The predicted octanol–water partition coefficient (Wildman–Crippen LogP) is -1.13. The normalized spacial score (nSPS) is 31.5. The van der Waals surface area contributed by atoms with Crippen LogP contribution in [0, 0.1) is 17.8 Å². The molecule has 0 aromatic carbocycles. The number of likely N-dealkylation sites (tertiary alicyclic amines) is 1. The lowest BCUT2D eigenvalue weighted by Crippen LogP contribution is -2.47. The fourth-order valence-corrected chi connectivity index (χ4v) is 3.51. The summed E-state index contributed by atoms with van der Waals surface area (Å²) >= 11 is 0. The van der Waals surface area contributed by atoms with Crippen molar-refractivity contribution in [3.63, 3.8) is 0 Å². The van der Waals surface area contributed by atoms with Crippen molar-refractivity contribution in [2.45, 2.75) is 19.8 Å². The largest absolute Gasteiger partial charge is 0.342 e. The Morgan fingerprint density at radius 3 is 2.80 bits per heavy atom. The molecule has 3 atom stereocenters. The zero-order chi connectivity index (χ0) is 14.8. The highest BCUT2D eigenvalue weighted by Gasteiger charge is 2.34. The van der Waals surface area contributed by atoms with Crippen molar-refractivity contribution in [2.24, 2.45) is 22.9 Å². The highest BCUT2D eigenvalue weighted by Crippen LogP contribution is 2.23. The number of carbonyl (C=O) groups is 1. The third-order valence-corrected chi connectivity index (χ3v) is 4.81. The van der Waals surface area contributed by atoms with Crippen molar-refractivity contribution in [2.75, 3.05) is 32.7 Å². The van der Waals surface area contributed by atoms with Crippen LogP contribution < -0.4 is 15.2 Å². The molecule has 2 aliphatic rings. The lowest BCUT2D eigenvalue weighted by atomic mass is 9.93. The second kappa shape index (κ2) is 6.38. The van der Waals surface area contributed by atoms with Crippen molar-refractivity contribution in [1.82, 2.24) is 14.9 Å². The third-order valence-electron chi connectivity index (χ3n) is 4.24. The number of hydrogen-bond acceptors (Lipinski definition) is 4. The van der Waals surface area contributed by atoms with Crippen LogP contribution in [-0.4, -0.2) is 51.9 Å². The highest BCUT2D eigenvalue weighted by atomic mass is 32.2. The first-order chi connectivity index (χ1) is 9.37. The van der Waals surface area contributed by atoms with Gasteiger partial charge in [0, 0.05) is 26.2 Å². The minimum atomic E-state index is -3.65. The summed E-state index contributed by atoms with van der Waals surface area (Å²) in [6, 6.07) is 0. The molecular formula is C12H24N4O3S. The van der Waals surface area contributed by atoms with Crippen LogP contribution >= 0.6 is 0 Å². The Morgan fingerprint density at radius 2 is 2.20 bits per heavy atom. The molecule has 0 aromatic heterocycles. The first-order valence-corrected chi connectivity index (χ1v) is 8.68. The van der Waals surface area contributed by atoms with Gasteiger partial charge in [-0.3, -0.25) is 4.79 Å². The molecule has 2 saturated heterocycles. The molecule has 116 valence electrons. The zero-order valence-electron chi connectivity index (χ0n) is 11.8. The smallest absolute Gasteiger partial charge is 0.274 e. The van der Waals surface area contributed by atoms with Crippen LogP contribution in [-0.2, 0) is 15.0 Å². The minimum absolute atomic E-state index is 0.0555. The maximum atomic E-state index is 12.5. The quantitative estimate of drug-likeness (QED) is 0.611. The molecule has 0 aliphatic carbocycles. The number of nitrogens with one attached hydrogen (secondary N) is 2. The molecule has 20 heavy (non-hydrogen) atoms. The van der Waals surface area contributed by atoms with Crippen LogP contribution in [0.5, 0.6) is 0 Å². The van der Waals surface area contributed by atoms with Gasteiger partial charge in [-0.1, -0.05) is 6.92 Å². The van der Waals surface area contributed by atoms with Crippen LogP contribution in [0.15, 0.2) is 0 Å². The topological polar surface area (TPSA) is 105 Å². The van der Waals surface area contributed by atoms with Gasteiger partial charge in [0.15, 0.2) is 0 Å². The van der Waals surface area contributed by atoms with E-state index < -0.39 is 10.2 Å². The molecule has 2 rings (SSSR count). The third kappa shape index (κ3) is 4.15. The summed E-state index contributed by atoms with van der Waals surface area (Å²) in [5.74, 6) is 0.767. The number of piperidine rings is 1. The predicted molar refractivity (Wildman–Crippen MR) is 75.9 cm³/mol. The van der Waals surface area contributed by atoms with E-state index in [1.54, 1.807) is 0 Å². The fourth-order valence-electron chi connectivity index (χ4n) is 3.04. The van der Waals surface area contributed by atoms with Gasteiger partial charge in [-0.2, -0.15) is 8.42 Å². The number of nitrogens with two attached hydrogens (primary N) is 1. The summed E-state index contributed by atoms with van der Waals surface area (Å²) in [4.78, 5) is 14.4. The molecule has 8 heteroatoms. The Balaban J connectivity index is 1.88. The van der Waals surface area contributed by atoms with Gasteiger partial charge in [0.05, 0.1) is 5.92 Å². The van der Waals surface area contributed by atoms with Gasteiger partial charge in [0.2, 0.25) is 5.91 Å². The van der Waals surface area contributed by atoms with Crippen LogP contribution in [0.25, 0.3) is 0 Å². The molecule has 7 nitrogen and oxygen atoms in total. The maximum absolute atomic E-state index is 12.5. The number of rotatable bonds is 4. The van der Waals surface area contributed by atoms with E-state index in [0.717, 1.165) is 32.5 Å². The summed E-state index contributed by atoms with van der Waals surface area (Å²) in [6.07, 6.45) is 1.84. The van der Waals surface area contributed by atoms with Crippen LogP contribution in [0.3, 0.4) is 0 Å². The molecule has 0 radical (unpaired) electrons. The molecule has 0 bridgehead atoms. The van der Waals surface area contributed by atoms with Crippen molar-refractivity contribution >= 4 is 16.1 Å². The van der Waals surface area contributed by atoms with E-state index in [0.29, 0.717) is 19.0 Å². The standard InChI is InChI=1S/C12H24N4O3S/c1-9-5-14-7-11(9)12(17)16-4-2-3-10(8-16)6-15-20(13,18)19/h9-11,14-15H,2-8H2,1H3,(H2,13,18,19)/t9-,10?,11-/m1/s1. The zero-order valence-corrected chi connectivity index (χ0v) is 12.7. The van der Waals surface area contributed by atoms with E-state index in [1.807, 2.05) is 4.90 Å². The van der Waals surface area contributed by atoms with Crippen molar-refractivity contribution in [3.05, 3.63) is 0 Å². The van der Waals surface area contributed by atoms with Crippen molar-refractivity contribution in [3.8, 4) is 0 Å². The first-order valence-electron chi connectivity index (χ1n) is 7.13. The van der Waals surface area contributed by atoms with E-state index in [2.05, 4.69) is 17.0 Å². The Kier molecular flexibility index (Phi) is 5.00. The Bertz CT molecular complexity index is 454. The molecule has 0 spiro atoms. The van der Waals surface area contributed by atoms with Gasteiger partial charge < -0.3 is 10.2 Å². The molecule has 2 fully saturated rings. The molecule has 2 heterocycles. The van der Waals surface area contributed by atoms with Crippen LogP contribution in [0.4, 0.5) is 0 Å². The van der Waals surface area contributed by atoms with Gasteiger partial charge in [-0.05, 0) is 31.2 Å². The molecule has 4 N–H and O–H groups in total. The summed E-state index contributed by atoms with van der Waals surface area (Å²) in [5.41, 5.74) is 0. The summed E-state index contributed by atoms with van der Waals surface area (Å²) in [5, 5.41) is 8.18. The average molecular weight is 304 g/mol. The van der Waals surface area contributed by atoms with Gasteiger partial charge in [-0.25, -0.2) is 9.86 Å². The Morgan fingerprint density at radius 1 is 1.45 bits per heavy atom. The van der Waals surface area contributed by atoms with Crippen molar-refractivity contribution < 1.29 is 13.2 Å². The SMILES string of the molecule is C[C@@H]1CNC[C@H]1C(=O)N1CCCC(CNS(N)(=O)=O)C1. The van der Waals surface area contributed by atoms with Gasteiger partial charge in [-0.15, -0.1) is 0 Å². The lowest BCUT2D eigenvalue weighted by molar-refractivity contribution is -0.137. The van der Waals surface area contributed by atoms with Gasteiger partial charge >= 0.3 is 0 Å². The summed E-state index contributed by atoms with van der Waals surface area (Å²) in [7, 11) is -3.65. The van der Waals surface area contributed by atoms with Gasteiger partial charge in [0.25, 0.3) is 10.2 Å². The number of carbonyl (C=O) groups excluding carboxylic acids is 1. The fraction of sp³-hybridized carbons (Fsp3) is 0.917. The number of hydrogen-bond donors (Lipinski definition) is 3. The van der Waals surface area contributed by atoms with E-state index in [9.17, 15) is 13.2 Å². The second-order valence-electron chi connectivity index (χ2n) is 5.93. The van der Waals surface area contributed by atoms with Gasteiger partial charge in [0.1, 0.15) is 0 Å². The summed E-state index contributed by atoms with van der Waals surface area (Å²) in [6.45, 7) is 5.42. The maximum Gasteiger partial charge on any atom is 0.274 e. The monoisotopic (exact) mass is 304 g/mol. The van der Waals surface area contributed by atoms with E-state index in [-0.39, 0.29) is 17.7 Å². The van der Waals surface area contributed by atoms with Crippen LogP contribution in [0.1, 0.15) is 19.8 Å². The molecule has 0 aromatic rings. The lowest BCUT2D eigenvalue weighted by Gasteiger charge is -2.35. The van der Waals surface area contributed by atoms with E-state index in [4.69, 9.17) is 5.14 Å². The average Bonchev–Trinajstić information content (AvgIpc) is 2.81. The second-order valence-corrected chi connectivity index (χ2v) is 7.31. The van der Waals surface area contributed by atoms with E-state index >= 15 is 0 Å². The number of nitrogens with zero attached hydrogens (tertiary/aromatic N) is 1. The molecule has 1 unspecified atom stereocenters. The Labute approximate surface area is 120 Å². The minimum Gasteiger partial charge on any atom is -0.342 e.